The Bertz CT molecular complexity index is 462. The molecule has 0 fully saturated rings. The fourth-order valence-corrected chi connectivity index (χ4v) is 2.17. The zero-order valence-corrected chi connectivity index (χ0v) is 12.9. The second-order valence-electron chi connectivity index (χ2n) is 5.17. The standard InChI is InChI=1S/C16H24N2O3/c1-4-12(2)18(11-10-15(19)20)13(3)16(21)17-14-8-6-5-7-9-14/h5-9,12-13H,4,10-11H2,1-3H3,(H,17,21)(H,19,20). The molecular formula is C16H24N2O3. The molecule has 5 nitrogen and oxygen atoms in total. The number of carboxylic acids is 1. The van der Waals surface area contributed by atoms with Crippen molar-refractivity contribution in [1.82, 2.24) is 4.90 Å². The van der Waals surface area contributed by atoms with Gasteiger partial charge in [0.2, 0.25) is 5.91 Å². The Balaban J connectivity index is 2.71. The van der Waals surface area contributed by atoms with Crippen LogP contribution >= 0.6 is 0 Å². The van der Waals surface area contributed by atoms with Crippen LogP contribution in [-0.2, 0) is 9.59 Å². The maximum Gasteiger partial charge on any atom is 0.304 e. The van der Waals surface area contributed by atoms with E-state index in [1.807, 2.05) is 56.0 Å². The van der Waals surface area contributed by atoms with E-state index in [2.05, 4.69) is 5.32 Å². The number of carbonyl (C=O) groups excluding carboxylic acids is 1. The summed E-state index contributed by atoms with van der Waals surface area (Å²) in [6, 6.07) is 9.04. The van der Waals surface area contributed by atoms with Crippen molar-refractivity contribution < 1.29 is 14.7 Å². The molecule has 0 aliphatic carbocycles. The summed E-state index contributed by atoms with van der Waals surface area (Å²) in [5.74, 6) is -0.967. The van der Waals surface area contributed by atoms with Gasteiger partial charge in [-0.25, -0.2) is 0 Å². The molecule has 1 aromatic rings. The highest BCUT2D eigenvalue weighted by molar-refractivity contribution is 5.94. The van der Waals surface area contributed by atoms with Gasteiger partial charge in [-0.05, 0) is 32.4 Å². The normalized spacial score (nSPS) is 13.7. The average molecular weight is 292 g/mol. The lowest BCUT2D eigenvalue weighted by Crippen LogP contribution is -2.47. The van der Waals surface area contributed by atoms with E-state index in [9.17, 15) is 9.59 Å². The second kappa shape index (κ2) is 8.42. The third-order valence-electron chi connectivity index (χ3n) is 3.66. The average Bonchev–Trinajstić information content (AvgIpc) is 2.47. The molecule has 0 heterocycles. The number of anilines is 1. The first-order chi connectivity index (χ1) is 9.95. The number of carbonyl (C=O) groups is 2. The molecule has 0 aliphatic heterocycles. The number of rotatable bonds is 8. The zero-order chi connectivity index (χ0) is 15.8. The Labute approximate surface area is 126 Å². The quantitative estimate of drug-likeness (QED) is 0.772. The molecule has 1 amide bonds. The van der Waals surface area contributed by atoms with E-state index >= 15 is 0 Å². The van der Waals surface area contributed by atoms with E-state index in [0.29, 0.717) is 6.54 Å². The number of benzene rings is 1. The lowest BCUT2D eigenvalue weighted by molar-refractivity contribution is -0.138. The van der Waals surface area contributed by atoms with Gasteiger partial charge in [0.1, 0.15) is 0 Å². The van der Waals surface area contributed by atoms with Gasteiger partial charge >= 0.3 is 5.97 Å². The molecule has 1 aromatic carbocycles. The van der Waals surface area contributed by atoms with Gasteiger partial charge in [-0.1, -0.05) is 25.1 Å². The summed E-state index contributed by atoms with van der Waals surface area (Å²) in [6.45, 7) is 6.22. The van der Waals surface area contributed by atoms with Crippen molar-refractivity contribution >= 4 is 17.6 Å². The molecule has 21 heavy (non-hydrogen) atoms. The lowest BCUT2D eigenvalue weighted by Gasteiger charge is -2.32. The summed E-state index contributed by atoms with van der Waals surface area (Å²) >= 11 is 0. The molecule has 0 aromatic heterocycles. The number of hydrogen-bond donors (Lipinski definition) is 2. The minimum atomic E-state index is -0.848. The highest BCUT2D eigenvalue weighted by atomic mass is 16.4. The minimum absolute atomic E-state index is 0.0350. The van der Waals surface area contributed by atoms with Crippen molar-refractivity contribution in [3.63, 3.8) is 0 Å². The Morgan fingerprint density at radius 3 is 2.38 bits per heavy atom. The largest absolute Gasteiger partial charge is 0.481 e. The Hall–Kier alpha value is -1.88. The SMILES string of the molecule is CCC(C)N(CCC(=O)O)C(C)C(=O)Nc1ccccc1. The van der Waals surface area contributed by atoms with Crippen LogP contribution in [0.4, 0.5) is 5.69 Å². The number of nitrogens with one attached hydrogen (secondary N) is 1. The number of amides is 1. The highest BCUT2D eigenvalue weighted by Gasteiger charge is 2.25. The molecule has 5 heteroatoms. The van der Waals surface area contributed by atoms with Gasteiger partial charge in [-0.3, -0.25) is 14.5 Å². The molecule has 0 radical (unpaired) electrons. The Morgan fingerprint density at radius 2 is 1.86 bits per heavy atom. The molecule has 0 saturated carbocycles. The van der Waals surface area contributed by atoms with Gasteiger partial charge in [0.15, 0.2) is 0 Å². The molecule has 2 unspecified atom stereocenters. The number of aliphatic carboxylic acids is 1. The van der Waals surface area contributed by atoms with Crippen LogP contribution in [0.15, 0.2) is 30.3 Å². The molecule has 0 aliphatic rings. The van der Waals surface area contributed by atoms with Crippen molar-refractivity contribution in [2.75, 3.05) is 11.9 Å². The molecule has 0 spiro atoms. The summed E-state index contributed by atoms with van der Waals surface area (Å²) in [5, 5.41) is 11.7. The molecule has 0 bridgehead atoms. The summed E-state index contributed by atoms with van der Waals surface area (Å²) in [6.07, 6.45) is 0.899. The van der Waals surface area contributed by atoms with Crippen molar-refractivity contribution in [2.24, 2.45) is 0 Å². The van der Waals surface area contributed by atoms with Gasteiger partial charge in [-0.2, -0.15) is 0 Å². The Kier molecular flexibility index (Phi) is 6.88. The van der Waals surface area contributed by atoms with Gasteiger partial charge in [-0.15, -0.1) is 0 Å². The molecule has 2 atom stereocenters. The van der Waals surface area contributed by atoms with Gasteiger partial charge in [0.05, 0.1) is 12.5 Å². The first kappa shape index (κ1) is 17.2. The topological polar surface area (TPSA) is 69.6 Å². The maximum atomic E-state index is 12.3. The van der Waals surface area contributed by atoms with Crippen molar-refractivity contribution in [2.45, 2.75) is 45.7 Å². The van der Waals surface area contributed by atoms with Gasteiger partial charge in [0.25, 0.3) is 0 Å². The van der Waals surface area contributed by atoms with E-state index in [1.165, 1.54) is 0 Å². The van der Waals surface area contributed by atoms with E-state index in [4.69, 9.17) is 5.11 Å². The van der Waals surface area contributed by atoms with Crippen LogP contribution < -0.4 is 5.32 Å². The summed E-state index contributed by atoms with van der Waals surface area (Å²) in [7, 11) is 0. The minimum Gasteiger partial charge on any atom is -0.481 e. The van der Waals surface area contributed by atoms with E-state index in [0.717, 1.165) is 12.1 Å². The first-order valence-corrected chi connectivity index (χ1v) is 7.29. The summed E-state index contributed by atoms with van der Waals surface area (Å²) in [4.78, 5) is 25.0. The lowest BCUT2D eigenvalue weighted by atomic mass is 10.1. The smallest absolute Gasteiger partial charge is 0.304 e. The van der Waals surface area contributed by atoms with Crippen LogP contribution in [0, 0.1) is 0 Å². The van der Waals surface area contributed by atoms with Gasteiger partial charge < -0.3 is 10.4 Å². The van der Waals surface area contributed by atoms with Crippen molar-refractivity contribution in [1.29, 1.82) is 0 Å². The second-order valence-corrected chi connectivity index (χ2v) is 5.17. The van der Waals surface area contributed by atoms with Gasteiger partial charge in [0, 0.05) is 18.3 Å². The third-order valence-corrected chi connectivity index (χ3v) is 3.66. The van der Waals surface area contributed by atoms with Crippen molar-refractivity contribution in [3.8, 4) is 0 Å². The van der Waals surface area contributed by atoms with Crippen LogP contribution in [0.5, 0.6) is 0 Å². The predicted molar refractivity (Wildman–Crippen MR) is 83.2 cm³/mol. The number of nitrogens with zero attached hydrogens (tertiary/aromatic N) is 1. The summed E-state index contributed by atoms with van der Waals surface area (Å²) in [5.41, 5.74) is 0.747. The van der Waals surface area contributed by atoms with Crippen LogP contribution in [0.25, 0.3) is 0 Å². The van der Waals surface area contributed by atoms with E-state index in [-0.39, 0.29) is 24.4 Å². The van der Waals surface area contributed by atoms with Crippen LogP contribution in [0.1, 0.15) is 33.6 Å². The zero-order valence-electron chi connectivity index (χ0n) is 12.9. The monoisotopic (exact) mass is 292 g/mol. The van der Waals surface area contributed by atoms with E-state index in [1.54, 1.807) is 0 Å². The molecule has 116 valence electrons. The number of para-hydroxylation sites is 1. The van der Waals surface area contributed by atoms with Crippen LogP contribution in [-0.4, -0.2) is 40.5 Å². The van der Waals surface area contributed by atoms with Crippen molar-refractivity contribution in [3.05, 3.63) is 30.3 Å². The summed E-state index contributed by atoms with van der Waals surface area (Å²) < 4.78 is 0. The molecule has 0 saturated heterocycles. The molecule has 1 rings (SSSR count). The highest BCUT2D eigenvalue weighted by Crippen LogP contribution is 2.13. The fourth-order valence-electron chi connectivity index (χ4n) is 2.17. The molecule has 2 N–H and O–H groups in total. The van der Waals surface area contributed by atoms with Crippen LogP contribution in [0.2, 0.25) is 0 Å². The van der Waals surface area contributed by atoms with Crippen LogP contribution in [0.3, 0.4) is 0 Å². The number of hydrogen-bond acceptors (Lipinski definition) is 3. The first-order valence-electron chi connectivity index (χ1n) is 7.29. The fraction of sp³-hybridized carbons (Fsp3) is 0.500. The third kappa shape index (κ3) is 5.55. The van der Waals surface area contributed by atoms with E-state index < -0.39 is 5.97 Å². The Morgan fingerprint density at radius 1 is 1.24 bits per heavy atom. The molecular weight excluding hydrogens is 268 g/mol. The maximum absolute atomic E-state index is 12.3. The number of carboxylic acid groups (broad SMARTS) is 1. The predicted octanol–water partition coefficient (Wildman–Crippen LogP) is 2.59.